The number of methoxy groups -OCH3 is 1. The van der Waals surface area contributed by atoms with E-state index < -0.39 is 0 Å². The van der Waals surface area contributed by atoms with Gasteiger partial charge in [0.1, 0.15) is 11.6 Å². The van der Waals surface area contributed by atoms with Gasteiger partial charge in [-0.25, -0.2) is 0 Å². The van der Waals surface area contributed by atoms with Crippen molar-refractivity contribution in [3.05, 3.63) is 0 Å². The van der Waals surface area contributed by atoms with Gasteiger partial charge in [-0.05, 0) is 62.5 Å². The van der Waals surface area contributed by atoms with Crippen molar-refractivity contribution in [1.29, 1.82) is 0 Å². The summed E-state index contributed by atoms with van der Waals surface area (Å²) in [6.07, 6.45) is 14.6. The van der Waals surface area contributed by atoms with Crippen molar-refractivity contribution < 1.29 is 19.1 Å². The summed E-state index contributed by atoms with van der Waals surface area (Å²) in [5.74, 6) is 2.49. The van der Waals surface area contributed by atoms with Gasteiger partial charge in [-0.15, -0.1) is 0 Å². The summed E-state index contributed by atoms with van der Waals surface area (Å²) < 4.78 is 4.68. The first-order chi connectivity index (χ1) is 15.5. The highest BCUT2D eigenvalue weighted by Gasteiger charge is 2.52. The molecule has 2 fully saturated rings. The summed E-state index contributed by atoms with van der Waals surface area (Å²) in [5.41, 5.74) is 0. The lowest BCUT2D eigenvalue weighted by Gasteiger charge is -2.30. The van der Waals surface area contributed by atoms with E-state index in [9.17, 15) is 14.4 Å². The van der Waals surface area contributed by atoms with E-state index >= 15 is 0 Å². The van der Waals surface area contributed by atoms with Gasteiger partial charge in [0.2, 0.25) is 0 Å². The van der Waals surface area contributed by atoms with Gasteiger partial charge in [0.25, 0.3) is 0 Å². The lowest BCUT2D eigenvalue weighted by molar-refractivity contribution is -0.140. The standard InChI is InChI=1S/C27H46O4S/c1-4-6-9-12-22(32-17-7-5-2)19-24(29)27-21-16-15-20(18-21)26(27)23(28)13-10-8-11-14-25(30)31-3/h20-22,26-27H,4-19H2,1-3H3/t20?,21?,22?,26-,27-/m1/s1. The number of unbranched alkanes of at least 4 members (excludes halogenated alkanes) is 5. The fourth-order valence-corrected chi connectivity index (χ4v) is 7.26. The zero-order chi connectivity index (χ0) is 23.3. The molecule has 0 saturated heterocycles. The number of thioether (sulfide) groups is 1. The molecule has 3 unspecified atom stereocenters. The predicted octanol–water partition coefficient (Wildman–Crippen LogP) is 6.78. The normalized spacial score (nSPS) is 25.1. The Hall–Kier alpha value is -0.840. The van der Waals surface area contributed by atoms with Crippen LogP contribution in [-0.2, 0) is 19.1 Å². The molecule has 0 heterocycles. The average molecular weight is 467 g/mol. The monoisotopic (exact) mass is 466 g/mol. The van der Waals surface area contributed by atoms with Gasteiger partial charge in [0, 0.05) is 36.3 Å². The third-order valence-corrected chi connectivity index (χ3v) is 9.00. The largest absolute Gasteiger partial charge is 0.469 e. The van der Waals surface area contributed by atoms with Crippen LogP contribution in [0.1, 0.15) is 110 Å². The molecule has 5 heteroatoms. The first-order valence-electron chi connectivity index (χ1n) is 13.3. The molecular weight excluding hydrogens is 420 g/mol. The van der Waals surface area contributed by atoms with Crippen LogP contribution in [-0.4, -0.2) is 35.6 Å². The van der Waals surface area contributed by atoms with Crippen molar-refractivity contribution >= 4 is 29.3 Å². The Bertz CT molecular complexity index is 580. The van der Waals surface area contributed by atoms with Gasteiger partial charge in [0.05, 0.1) is 7.11 Å². The molecule has 0 amide bonds. The van der Waals surface area contributed by atoms with Crippen molar-refractivity contribution in [3.8, 4) is 0 Å². The fraction of sp³-hybridized carbons (Fsp3) is 0.889. The molecule has 4 nitrogen and oxygen atoms in total. The summed E-state index contributed by atoms with van der Waals surface area (Å²) in [6.45, 7) is 4.45. The SMILES string of the molecule is CCCCCC(CC(=O)[C@H]1C2CCC(C2)[C@@H]1C(=O)CCCCCC(=O)OC)SCCCC. The number of Topliss-reactive ketones (excluding diaryl/α,β-unsaturated/α-hetero) is 2. The second-order valence-corrected chi connectivity index (χ2v) is 11.4. The van der Waals surface area contributed by atoms with Crippen LogP contribution in [0.4, 0.5) is 0 Å². The number of hydrogen-bond acceptors (Lipinski definition) is 5. The van der Waals surface area contributed by atoms with Gasteiger partial charge in [-0.3, -0.25) is 14.4 Å². The zero-order valence-electron chi connectivity index (χ0n) is 20.7. The summed E-state index contributed by atoms with van der Waals surface area (Å²) in [5, 5.41) is 0.425. The summed E-state index contributed by atoms with van der Waals surface area (Å²) in [4.78, 5) is 37.9. The Labute approximate surface area is 200 Å². The van der Waals surface area contributed by atoms with Gasteiger partial charge in [-0.1, -0.05) is 46.0 Å². The second-order valence-electron chi connectivity index (χ2n) is 10.0. The van der Waals surface area contributed by atoms with Gasteiger partial charge in [-0.2, -0.15) is 11.8 Å². The molecule has 2 aliphatic rings. The Morgan fingerprint density at radius 2 is 1.50 bits per heavy atom. The van der Waals surface area contributed by atoms with Crippen molar-refractivity contribution in [2.75, 3.05) is 12.9 Å². The fourth-order valence-electron chi connectivity index (χ4n) is 5.85. The van der Waals surface area contributed by atoms with Crippen LogP contribution in [0.15, 0.2) is 0 Å². The summed E-state index contributed by atoms with van der Waals surface area (Å²) in [7, 11) is 1.41. The molecule has 32 heavy (non-hydrogen) atoms. The molecule has 2 bridgehead atoms. The number of carbonyl (C=O) groups excluding carboxylic acids is 3. The number of hydrogen-bond donors (Lipinski definition) is 0. The number of ether oxygens (including phenoxy) is 1. The minimum Gasteiger partial charge on any atom is -0.469 e. The Balaban J connectivity index is 1.89. The summed E-state index contributed by atoms with van der Waals surface area (Å²) >= 11 is 1.99. The van der Waals surface area contributed by atoms with Gasteiger partial charge in [0.15, 0.2) is 0 Å². The van der Waals surface area contributed by atoms with E-state index in [0.29, 0.717) is 47.9 Å². The first kappa shape index (κ1) is 27.4. The molecule has 0 aromatic heterocycles. The number of carbonyl (C=O) groups is 3. The van der Waals surface area contributed by atoms with Crippen LogP contribution >= 0.6 is 11.8 Å². The topological polar surface area (TPSA) is 60.4 Å². The smallest absolute Gasteiger partial charge is 0.305 e. The van der Waals surface area contributed by atoms with E-state index in [2.05, 4.69) is 18.6 Å². The Morgan fingerprint density at radius 1 is 0.844 bits per heavy atom. The maximum atomic E-state index is 13.5. The molecule has 184 valence electrons. The van der Waals surface area contributed by atoms with Crippen LogP contribution in [0.25, 0.3) is 0 Å². The quantitative estimate of drug-likeness (QED) is 0.164. The molecule has 0 radical (unpaired) electrons. The lowest BCUT2D eigenvalue weighted by atomic mass is 9.73. The highest BCUT2D eigenvalue weighted by atomic mass is 32.2. The predicted molar refractivity (Wildman–Crippen MR) is 133 cm³/mol. The molecule has 0 spiro atoms. The molecule has 2 rings (SSSR count). The van der Waals surface area contributed by atoms with E-state index in [4.69, 9.17) is 0 Å². The van der Waals surface area contributed by atoms with E-state index in [-0.39, 0.29) is 17.8 Å². The van der Waals surface area contributed by atoms with Crippen molar-refractivity contribution in [2.45, 2.75) is 115 Å². The molecular formula is C27H46O4S. The third-order valence-electron chi connectivity index (χ3n) is 7.60. The van der Waals surface area contributed by atoms with Crippen LogP contribution in [0, 0.1) is 23.7 Å². The number of fused-ring (bicyclic) bond motifs is 2. The van der Waals surface area contributed by atoms with E-state index in [0.717, 1.165) is 50.7 Å². The summed E-state index contributed by atoms with van der Waals surface area (Å²) in [6, 6.07) is 0. The highest BCUT2D eigenvalue weighted by Crippen LogP contribution is 2.54. The van der Waals surface area contributed by atoms with E-state index in [1.165, 1.54) is 39.2 Å². The third kappa shape index (κ3) is 8.50. The van der Waals surface area contributed by atoms with Crippen molar-refractivity contribution in [3.63, 3.8) is 0 Å². The maximum Gasteiger partial charge on any atom is 0.305 e. The van der Waals surface area contributed by atoms with Crippen LogP contribution in [0.2, 0.25) is 0 Å². The number of rotatable bonds is 18. The van der Waals surface area contributed by atoms with Crippen LogP contribution in [0.3, 0.4) is 0 Å². The maximum absolute atomic E-state index is 13.5. The van der Waals surface area contributed by atoms with Crippen LogP contribution in [0.5, 0.6) is 0 Å². The van der Waals surface area contributed by atoms with Gasteiger partial charge >= 0.3 is 5.97 Å². The molecule has 0 aromatic rings. The van der Waals surface area contributed by atoms with Crippen molar-refractivity contribution in [2.24, 2.45) is 23.7 Å². The molecule has 2 aliphatic carbocycles. The number of esters is 1. The minimum atomic E-state index is -0.180. The Morgan fingerprint density at radius 3 is 2.16 bits per heavy atom. The first-order valence-corrected chi connectivity index (χ1v) is 14.3. The van der Waals surface area contributed by atoms with E-state index in [1.54, 1.807) is 0 Å². The second kappa shape index (κ2) is 15.1. The molecule has 0 N–H and O–H groups in total. The number of ketones is 2. The lowest BCUT2D eigenvalue weighted by Crippen LogP contribution is -2.36. The molecule has 0 aliphatic heterocycles. The van der Waals surface area contributed by atoms with Gasteiger partial charge < -0.3 is 4.74 Å². The minimum absolute atomic E-state index is 0.0169. The average Bonchev–Trinajstić information content (AvgIpc) is 3.40. The van der Waals surface area contributed by atoms with Crippen molar-refractivity contribution in [1.82, 2.24) is 0 Å². The van der Waals surface area contributed by atoms with E-state index in [1.807, 2.05) is 11.8 Å². The highest BCUT2D eigenvalue weighted by molar-refractivity contribution is 7.99. The van der Waals surface area contributed by atoms with Crippen LogP contribution < -0.4 is 0 Å². The Kier molecular flexibility index (Phi) is 13.0. The zero-order valence-corrected chi connectivity index (χ0v) is 21.6. The molecule has 5 atom stereocenters. The molecule has 2 saturated carbocycles. The molecule has 0 aromatic carbocycles.